The fourth-order valence-corrected chi connectivity index (χ4v) is 9.29. The lowest BCUT2D eigenvalue weighted by atomic mass is 9.55. The number of hydrogen-bond acceptors (Lipinski definition) is 11. The maximum absolute atomic E-state index is 14.8. The first kappa shape index (κ1) is 47.4. The van der Waals surface area contributed by atoms with Crippen LogP contribution in [0.3, 0.4) is 0 Å². The Morgan fingerprint density at radius 1 is 0.905 bits per heavy atom. The van der Waals surface area contributed by atoms with Crippen molar-refractivity contribution in [2.45, 2.75) is 82.3 Å². The van der Waals surface area contributed by atoms with Gasteiger partial charge in [0.05, 0.1) is 44.7 Å². The number of oxime groups is 1. The number of hydrogen-bond donors (Lipinski definition) is 3. The van der Waals surface area contributed by atoms with Gasteiger partial charge in [-0.05, 0) is 79.3 Å². The Labute approximate surface area is 370 Å². The third kappa shape index (κ3) is 11.8. The van der Waals surface area contributed by atoms with Crippen molar-refractivity contribution in [3.63, 3.8) is 0 Å². The Bertz CT molecular complexity index is 1990. The second kappa shape index (κ2) is 24.1. The van der Waals surface area contributed by atoms with Gasteiger partial charge in [0.1, 0.15) is 36.6 Å². The van der Waals surface area contributed by atoms with Gasteiger partial charge in [-0.3, -0.25) is 4.90 Å². The summed E-state index contributed by atoms with van der Waals surface area (Å²) >= 11 is 0. The number of rotatable bonds is 26. The Balaban J connectivity index is 1.55. The zero-order valence-corrected chi connectivity index (χ0v) is 36.2. The van der Waals surface area contributed by atoms with E-state index in [1.807, 2.05) is 42.5 Å². The Kier molecular flexibility index (Phi) is 18.2. The molecule has 6 atom stereocenters. The average Bonchev–Trinajstić information content (AvgIpc) is 3.30. The molecular formula is C50H63FN2O10. The summed E-state index contributed by atoms with van der Waals surface area (Å²) in [6.45, 7) is 8.39. The first-order valence-corrected chi connectivity index (χ1v) is 22.2. The number of nitrogens with zero attached hydrogens (tertiary/aromatic N) is 2. The maximum Gasteiger partial charge on any atom is 0.410 e. The molecule has 2 aliphatic carbocycles. The van der Waals surface area contributed by atoms with Crippen molar-refractivity contribution in [3.05, 3.63) is 132 Å². The highest BCUT2D eigenvalue weighted by atomic mass is 19.1. The van der Waals surface area contributed by atoms with Gasteiger partial charge in [-0.15, -0.1) is 13.2 Å². The van der Waals surface area contributed by atoms with E-state index < -0.39 is 23.8 Å². The molecule has 1 heterocycles. The van der Waals surface area contributed by atoms with Crippen molar-refractivity contribution in [2.24, 2.45) is 22.9 Å². The van der Waals surface area contributed by atoms with Crippen LogP contribution in [0.4, 0.5) is 9.18 Å². The summed E-state index contributed by atoms with van der Waals surface area (Å²) in [6, 6.07) is 21.1. The van der Waals surface area contributed by atoms with E-state index in [-0.39, 0.29) is 96.0 Å². The standard InChI is InChI=1S/C50H63FN2O10/c1-3-5-28-59-49(57)53(23-29-58-30-26-56)46-33-44(52-62-34-36-15-7-6-8-16-36)41-31-37(17-11-13-24-54)40(19-12-14-25-55)47-42-32-39(60-35-38-18-9-10-20-43(38)51)21-22-45(42)63-50(46,48(41)47)61-27-4-2/h3-4,6-10,15-16,18,20-22,31-32,37,40,46-48,54-56H,1-2,5,11-14,17,19,23-30,33-35H2/t37-,40+,46-,47+,48+,50+/m0/s1. The minimum Gasteiger partial charge on any atom is -0.489 e. The van der Waals surface area contributed by atoms with Crippen LogP contribution in [-0.4, -0.2) is 96.6 Å². The van der Waals surface area contributed by atoms with E-state index in [4.69, 9.17) is 33.7 Å². The van der Waals surface area contributed by atoms with Crippen molar-refractivity contribution in [2.75, 3.05) is 52.8 Å². The topological polar surface area (TPSA) is 149 Å². The first-order valence-electron chi connectivity index (χ1n) is 22.2. The van der Waals surface area contributed by atoms with Crippen molar-refractivity contribution in [1.29, 1.82) is 0 Å². The fourth-order valence-electron chi connectivity index (χ4n) is 9.29. The number of ether oxygens (including phenoxy) is 5. The summed E-state index contributed by atoms with van der Waals surface area (Å²) in [6.07, 6.45) is 9.93. The number of halogens is 1. The number of carbonyl (C=O) groups excluding carboxylic acids is 1. The summed E-state index contributed by atoms with van der Waals surface area (Å²) in [5.41, 5.74) is 3.73. The molecule has 63 heavy (non-hydrogen) atoms. The third-order valence-corrected chi connectivity index (χ3v) is 12.1. The smallest absolute Gasteiger partial charge is 0.410 e. The van der Waals surface area contributed by atoms with E-state index in [0.717, 1.165) is 42.4 Å². The highest BCUT2D eigenvalue weighted by molar-refractivity contribution is 6.03. The number of allylic oxidation sites excluding steroid dienone is 1. The molecule has 3 aromatic carbocycles. The van der Waals surface area contributed by atoms with Crippen molar-refractivity contribution >= 4 is 11.8 Å². The van der Waals surface area contributed by atoms with Crippen LogP contribution in [0.2, 0.25) is 0 Å². The van der Waals surface area contributed by atoms with Crippen LogP contribution >= 0.6 is 0 Å². The summed E-state index contributed by atoms with van der Waals surface area (Å²) < 4.78 is 47.0. The molecule has 0 saturated heterocycles. The number of amides is 1. The summed E-state index contributed by atoms with van der Waals surface area (Å²) in [5.74, 6) is -1.69. The number of unbranched alkanes of at least 4 members (excludes halogenated alkanes) is 2. The number of fused-ring (bicyclic) bond motifs is 2. The molecule has 1 fully saturated rings. The van der Waals surface area contributed by atoms with Gasteiger partial charge in [0.25, 0.3) is 0 Å². The molecule has 3 aromatic rings. The number of aliphatic hydroxyl groups is 3. The van der Waals surface area contributed by atoms with Crippen LogP contribution in [0.15, 0.2) is 115 Å². The van der Waals surface area contributed by atoms with Crippen LogP contribution < -0.4 is 9.47 Å². The number of aliphatic hydroxyl groups excluding tert-OH is 3. The SMILES string of the molecule is C=CCCOC(=O)N(CCOCCO)[C@H]1CC(=NOCc2ccccc2)C2=C[C@H](CCCCO)[C@@H](CCCCO)[C@@H]3c4cc(OCc5ccccc5F)ccc4O[C@@]1(OCC=C)[C@H]23. The molecule has 0 spiro atoms. The van der Waals surface area contributed by atoms with Gasteiger partial charge in [-0.1, -0.05) is 84.8 Å². The van der Waals surface area contributed by atoms with E-state index in [1.165, 1.54) is 6.07 Å². The second-order valence-corrected chi connectivity index (χ2v) is 16.1. The Morgan fingerprint density at radius 2 is 1.68 bits per heavy atom. The molecular weight excluding hydrogens is 808 g/mol. The van der Waals surface area contributed by atoms with Crippen LogP contribution in [0.1, 0.15) is 74.0 Å². The third-order valence-electron chi connectivity index (χ3n) is 12.1. The van der Waals surface area contributed by atoms with Gasteiger partial charge in [0, 0.05) is 43.2 Å². The zero-order chi connectivity index (χ0) is 44.4. The quantitative estimate of drug-likeness (QED) is 0.0409. The molecule has 340 valence electrons. The lowest BCUT2D eigenvalue weighted by Gasteiger charge is -2.59. The Morgan fingerprint density at radius 3 is 2.43 bits per heavy atom. The highest BCUT2D eigenvalue weighted by Gasteiger charge is 2.65. The van der Waals surface area contributed by atoms with Crippen LogP contribution in [-0.2, 0) is 32.3 Å². The minimum absolute atomic E-state index is 0.0141. The van der Waals surface area contributed by atoms with Crippen molar-refractivity contribution < 1.29 is 53.0 Å². The lowest BCUT2D eigenvalue weighted by molar-refractivity contribution is -0.256. The van der Waals surface area contributed by atoms with Crippen LogP contribution in [0.25, 0.3) is 0 Å². The van der Waals surface area contributed by atoms with E-state index in [9.17, 15) is 24.5 Å². The molecule has 0 aromatic heterocycles. The predicted octanol–water partition coefficient (Wildman–Crippen LogP) is 8.26. The summed E-state index contributed by atoms with van der Waals surface area (Å²) in [4.78, 5) is 22.2. The minimum atomic E-state index is -1.52. The Hall–Kier alpha value is -5.05. The van der Waals surface area contributed by atoms with Crippen LogP contribution in [0, 0.1) is 23.6 Å². The van der Waals surface area contributed by atoms with E-state index in [0.29, 0.717) is 42.0 Å². The molecule has 0 radical (unpaired) electrons. The van der Waals surface area contributed by atoms with E-state index >= 15 is 0 Å². The highest BCUT2D eigenvalue weighted by Crippen LogP contribution is 2.62. The van der Waals surface area contributed by atoms with Gasteiger partial charge in [-0.25, -0.2) is 9.18 Å². The van der Waals surface area contributed by atoms with E-state index in [2.05, 4.69) is 19.2 Å². The fraction of sp³-hybridized carbons (Fsp3) is 0.480. The predicted molar refractivity (Wildman–Crippen MR) is 238 cm³/mol. The molecule has 0 bridgehead atoms. The molecule has 3 aliphatic rings. The molecule has 1 aliphatic heterocycles. The second-order valence-electron chi connectivity index (χ2n) is 16.1. The summed E-state index contributed by atoms with van der Waals surface area (Å²) in [5, 5.41) is 34.3. The zero-order valence-electron chi connectivity index (χ0n) is 36.2. The normalized spacial score (nSPS) is 22.8. The molecule has 13 heteroatoms. The summed E-state index contributed by atoms with van der Waals surface area (Å²) in [7, 11) is 0. The van der Waals surface area contributed by atoms with Gasteiger partial charge in [0.2, 0.25) is 5.79 Å². The molecule has 1 saturated carbocycles. The molecule has 0 unspecified atom stereocenters. The average molecular weight is 871 g/mol. The number of carbonyl (C=O) groups is 1. The van der Waals surface area contributed by atoms with Gasteiger partial charge in [-0.2, -0.15) is 0 Å². The molecule has 6 rings (SSSR count). The maximum atomic E-state index is 14.8. The van der Waals surface area contributed by atoms with Crippen molar-refractivity contribution in [3.8, 4) is 11.5 Å². The van der Waals surface area contributed by atoms with Gasteiger partial charge >= 0.3 is 6.09 Å². The van der Waals surface area contributed by atoms with Gasteiger partial charge in [0.15, 0.2) is 0 Å². The number of benzene rings is 3. The van der Waals surface area contributed by atoms with Gasteiger partial charge < -0.3 is 43.8 Å². The monoisotopic (exact) mass is 870 g/mol. The first-order chi connectivity index (χ1) is 30.9. The van der Waals surface area contributed by atoms with Crippen LogP contribution in [0.5, 0.6) is 11.5 Å². The lowest BCUT2D eigenvalue weighted by Crippen LogP contribution is -2.70. The van der Waals surface area contributed by atoms with Crippen molar-refractivity contribution in [1.82, 2.24) is 4.90 Å². The van der Waals surface area contributed by atoms with E-state index in [1.54, 1.807) is 41.3 Å². The molecule has 12 nitrogen and oxygen atoms in total. The largest absolute Gasteiger partial charge is 0.489 e. The molecule has 3 N–H and O–H groups in total. The molecule has 1 amide bonds.